The summed E-state index contributed by atoms with van der Waals surface area (Å²) >= 11 is 3.06. The minimum atomic E-state index is -0.331. The first kappa shape index (κ1) is 20.5. The molecule has 9 heteroatoms. The summed E-state index contributed by atoms with van der Waals surface area (Å²) in [5, 5.41) is 12.9. The lowest BCUT2D eigenvalue weighted by atomic mass is 9.96. The molecule has 4 rings (SSSR count). The molecule has 0 bridgehead atoms. The Kier molecular flexibility index (Phi) is 5.57. The van der Waals surface area contributed by atoms with Crippen LogP contribution in [0.3, 0.4) is 0 Å². The Bertz CT molecular complexity index is 1190. The molecular weight excluding hydrogens is 418 g/mol. The molecule has 0 aliphatic carbocycles. The van der Waals surface area contributed by atoms with E-state index in [4.69, 9.17) is 4.42 Å². The van der Waals surface area contributed by atoms with Crippen molar-refractivity contribution < 1.29 is 9.21 Å². The van der Waals surface area contributed by atoms with Gasteiger partial charge in [-0.1, -0.05) is 62.1 Å². The van der Waals surface area contributed by atoms with Crippen LogP contribution in [0.2, 0.25) is 0 Å². The summed E-state index contributed by atoms with van der Waals surface area (Å²) in [5.74, 6) is 1.22. The molecule has 0 spiro atoms. The van der Waals surface area contributed by atoms with Gasteiger partial charge in [0.1, 0.15) is 16.4 Å². The molecular formula is C21H21N5O2S2. The molecule has 0 fully saturated rings. The first-order valence-electron chi connectivity index (χ1n) is 9.38. The molecule has 0 aliphatic rings. The summed E-state index contributed by atoms with van der Waals surface area (Å²) in [5.41, 5.74) is 1.86. The Balaban J connectivity index is 1.60. The maximum absolute atomic E-state index is 13.0. The van der Waals surface area contributed by atoms with Crippen LogP contribution in [0, 0.1) is 6.92 Å². The van der Waals surface area contributed by atoms with Gasteiger partial charge in [0, 0.05) is 22.1 Å². The Labute approximate surface area is 182 Å². The van der Waals surface area contributed by atoms with E-state index >= 15 is 0 Å². The number of nitrogens with one attached hydrogen (secondary N) is 1. The standard InChI is InChI=1S/C21H21N5O2S2/c1-12-25-26-20(30-12)29-11-15-14-7-5-6-8-16(14)28-17(15)18(27)24-13-9-22-19(23-10-13)21(2,3)4/h5-10H,11H2,1-4H3,(H,24,27). The second-order valence-electron chi connectivity index (χ2n) is 7.78. The lowest BCUT2D eigenvalue weighted by molar-refractivity contribution is 0.0997. The van der Waals surface area contributed by atoms with Crippen molar-refractivity contribution in [1.29, 1.82) is 0 Å². The summed E-state index contributed by atoms with van der Waals surface area (Å²) < 4.78 is 6.76. The third-order valence-electron chi connectivity index (χ3n) is 4.33. The summed E-state index contributed by atoms with van der Waals surface area (Å²) in [7, 11) is 0. The SMILES string of the molecule is Cc1nnc(SCc2c(C(=O)Nc3cnc(C(C)(C)C)nc3)oc3ccccc23)s1. The average Bonchev–Trinajstić information content (AvgIpc) is 3.29. The van der Waals surface area contributed by atoms with E-state index in [2.05, 4.69) is 25.5 Å². The number of furan rings is 1. The van der Waals surface area contributed by atoms with Gasteiger partial charge in [-0.3, -0.25) is 4.79 Å². The number of thioether (sulfide) groups is 1. The summed E-state index contributed by atoms with van der Waals surface area (Å²) in [4.78, 5) is 21.7. The Morgan fingerprint density at radius 1 is 1.17 bits per heavy atom. The number of hydrogen-bond acceptors (Lipinski definition) is 8. The number of aryl methyl sites for hydroxylation is 1. The van der Waals surface area contributed by atoms with Gasteiger partial charge in [0.15, 0.2) is 10.1 Å². The molecule has 154 valence electrons. The van der Waals surface area contributed by atoms with Crippen molar-refractivity contribution in [3.05, 3.63) is 58.8 Å². The van der Waals surface area contributed by atoms with Crippen LogP contribution in [-0.2, 0) is 11.2 Å². The molecule has 1 amide bonds. The van der Waals surface area contributed by atoms with Gasteiger partial charge in [-0.05, 0) is 13.0 Å². The van der Waals surface area contributed by atoms with Gasteiger partial charge in [-0.2, -0.15) is 0 Å². The topological polar surface area (TPSA) is 93.8 Å². The van der Waals surface area contributed by atoms with Crippen molar-refractivity contribution >= 4 is 45.7 Å². The van der Waals surface area contributed by atoms with Crippen LogP contribution in [0.15, 0.2) is 45.4 Å². The van der Waals surface area contributed by atoms with E-state index < -0.39 is 0 Å². The Morgan fingerprint density at radius 3 is 2.57 bits per heavy atom. The van der Waals surface area contributed by atoms with Gasteiger partial charge in [0.25, 0.3) is 5.91 Å². The molecule has 0 atom stereocenters. The number of nitrogens with zero attached hydrogens (tertiary/aromatic N) is 4. The zero-order chi connectivity index (χ0) is 21.3. The molecule has 0 saturated carbocycles. The minimum absolute atomic E-state index is 0.158. The van der Waals surface area contributed by atoms with Crippen molar-refractivity contribution in [1.82, 2.24) is 20.2 Å². The van der Waals surface area contributed by atoms with Crippen LogP contribution in [0.1, 0.15) is 47.7 Å². The highest BCUT2D eigenvalue weighted by molar-refractivity contribution is 8.00. The van der Waals surface area contributed by atoms with E-state index in [9.17, 15) is 4.79 Å². The molecule has 30 heavy (non-hydrogen) atoms. The third-order valence-corrected chi connectivity index (χ3v) is 6.33. The molecule has 7 nitrogen and oxygen atoms in total. The first-order chi connectivity index (χ1) is 14.3. The van der Waals surface area contributed by atoms with Gasteiger partial charge >= 0.3 is 0 Å². The van der Waals surface area contributed by atoms with Gasteiger partial charge < -0.3 is 9.73 Å². The second kappa shape index (κ2) is 8.16. The van der Waals surface area contributed by atoms with E-state index in [0.717, 1.165) is 20.3 Å². The molecule has 1 aromatic carbocycles. The summed E-state index contributed by atoms with van der Waals surface area (Å²) in [6.07, 6.45) is 3.24. The minimum Gasteiger partial charge on any atom is -0.451 e. The zero-order valence-electron chi connectivity index (χ0n) is 17.1. The molecule has 0 radical (unpaired) electrons. The molecule has 3 aromatic heterocycles. The summed E-state index contributed by atoms with van der Waals surface area (Å²) in [6, 6.07) is 7.63. The van der Waals surface area contributed by atoms with Crippen LogP contribution in [0.25, 0.3) is 11.0 Å². The molecule has 3 heterocycles. The number of carbonyl (C=O) groups is 1. The highest BCUT2D eigenvalue weighted by Gasteiger charge is 2.22. The van der Waals surface area contributed by atoms with E-state index in [1.54, 1.807) is 12.4 Å². The predicted octanol–water partition coefficient (Wildman–Crippen LogP) is 5.22. The Morgan fingerprint density at radius 2 is 1.90 bits per heavy atom. The quantitative estimate of drug-likeness (QED) is 0.426. The van der Waals surface area contributed by atoms with E-state index in [1.807, 2.05) is 52.0 Å². The number of rotatable bonds is 5. The van der Waals surface area contributed by atoms with Crippen molar-refractivity contribution in [2.24, 2.45) is 0 Å². The van der Waals surface area contributed by atoms with Crippen LogP contribution in [0.5, 0.6) is 0 Å². The number of amides is 1. The molecule has 0 unspecified atom stereocenters. The number of anilines is 1. The van der Waals surface area contributed by atoms with Gasteiger partial charge in [0.2, 0.25) is 0 Å². The maximum atomic E-state index is 13.0. The zero-order valence-corrected chi connectivity index (χ0v) is 18.7. The van der Waals surface area contributed by atoms with Crippen molar-refractivity contribution in [3.63, 3.8) is 0 Å². The Hall–Kier alpha value is -2.78. The largest absolute Gasteiger partial charge is 0.451 e. The number of para-hydroxylation sites is 1. The third kappa shape index (κ3) is 4.36. The van der Waals surface area contributed by atoms with E-state index in [0.29, 0.717) is 22.8 Å². The van der Waals surface area contributed by atoms with Crippen LogP contribution < -0.4 is 5.32 Å². The van der Waals surface area contributed by atoms with Crippen LogP contribution in [-0.4, -0.2) is 26.1 Å². The number of hydrogen-bond donors (Lipinski definition) is 1. The number of benzene rings is 1. The highest BCUT2D eigenvalue weighted by atomic mass is 32.2. The normalized spacial score (nSPS) is 11.7. The predicted molar refractivity (Wildman–Crippen MR) is 119 cm³/mol. The monoisotopic (exact) mass is 439 g/mol. The van der Waals surface area contributed by atoms with Crippen LogP contribution >= 0.6 is 23.1 Å². The smallest absolute Gasteiger partial charge is 0.291 e. The van der Waals surface area contributed by atoms with Crippen LogP contribution in [0.4, 0.5) is 5.69 Å². The molecule has 4 aromatic rings. The lowest BCUT2D eigenvalue weighted by Gasteiger charge is -2.16. The van der Waals surface area contributed by atoms with Gasteiger partial charge in [-0.25, -0.2) is 9.97 Å². The van der Waals surface area contributed by atoms with Gasteiger partial charge in [0.05, 0.1) is 18.1 Å². The van der Waals surface area contributed by atoms with Gasteiger partial charge in [-0.15, -0.1) is 10.2 Å². The number of aromatic nitrogens is 4. The van der Waals surface area contributed by atoms with E-state index in [-0.39, 0.29) is 17.1 Å². The molecule has 1 N–H and O–H groups in total. The molecule has 0 aliphatic heterocycles. The fourth-order valence-electron chi connectivity index (χ4n) is 2.86. The van der Waals surface area contributed by atoms with Crippen molar-refractivity contribution in [2.75, 3.05) is 5.32 Å². The fourth-order valence-corrected chi connectivity index (χ4v) is 4.71. The highest BCUT2D eigenvalue weighted by Crippen LogP contribution is 2.33. The van der Waals surface area contributed by atoms with Crippen molar-refractivity contribution in [3.8, 4) is 0 Å². The molecule has 0 saturated heterocycles. The first-order valence-corrected chi connectivity index (χ1v) is 11.2. The fraction of sp³-hybridized carbons (Fsp3) is 0.286. The lowest BCUT2D eigenvalue weighted by Crippen LogP contribution is -2.17. The maximum Gasteiger partial charge on any atom is 0.291 e. The van der Waals surface area contributed by atoms with Crippen molar-refractivity contribution in [2.45, 2.75) is 43.2 Å². The summed E-state index contributed by atoms with van der Waals surface area (Å²) in [6.45, 7) is 8.04. The average molecular weight is 440 g/mol. The number of carbonyl (C=O) groups excluding carboxylic acids is 1. The van der Waals surface area contributed by atoms with E-state index in [1.165, 1.54) is 23.1 Å². The number of fused-ring (bicyclic) bond motifs is 1. The second-order valence-corrected chi connectivity index (χ2v) is 10.2.